The number of halogens is 2. The summed E-state index contributed by atoms with van der Waals surface area (Å²) in [6.07, 6.45) is 0.0741. The molecule has 1 rings (SSSR count). The summed E-state index contributed by atoms with van der Waals surface area (Å²) >= 11 is 3.05. The first-order valence-electron chi connectivity index (χ1n) is 3.95. The Kier molecular flexibility index (Phi) is 3.52. The highest BCUT2D eigenvalue weighted by molar-refractivity contribution is 9.09. The maximum atomic E-state index is 13.0. The first-order valence-corrected chi connectivity index (χ1v) is 6.90. The molecule has 0 saturated carbocycles. The van der Waals surface area contributed by atoms with Gasteiger partial charge in [-0.2, -0.15) is 0 Å². The topological polar surface area (TPSA) is 34.1 Å². The minimum absolute atomic E-state index is 0.0621. The molecule has 0 aromatic heterocycles. The summed E-state index contributed by atoms with van der Waals surface area (Å²) in [5.41, 5.74) is 0. The van der Waals surface area contributed by atoms with Crippen LogP contribution in [0.25, 0.3) is 0 Å². The van der Waals surface area contributed by atoms with Crippen LogP contribution in [0.1, 0.15) is 12.8 Å². The Labute approximate surface area is 80.6 Å². The van der Waals surface area contributed by atoms with E-state index in [0.29, 0.717) is 18.2 Å². The van der Waals surface area contributed by atoms with Crippen molar-refractivity contribution in [2.45, 2.75) is 19.0 Å². The Balaban J connectivity index is 2.46. The first kappa shape index (κ1) is 10.4. The fourth-order valence-electron chi connectivity index (χ4n) is 1.40. The lowest BCUT2D eigenvalue weighted by Crippen LogP contribution is -2.29. The van der Waals surface area contributed by atoms with E-state index in [9.17, 15) is 12.8 Å². The highest BCUT2D eigenvalue weighted by atomic mass is 79.9. The Hall–Kier alpha value is 0.360. The Morgan fingerprint density at radius 2 is 1.92 bits per heavy atom. The van der Waals surface area contributed by atoms with E-state index in [0.717, 1.165) is 0 Å². The molecule has 0 aromatic carbocycles. The van der Waals surface area contributed by atoms with Gasteiger partial charge in [0.2, 0.25) is 0 Å². The summed E-state index contributed by atoms with van der Waals surface area (Å²) in [6, 6.07) is 0. The second kappa shape index (κ2) is 4.05. The molecule has 1 atom stereocenters. The van der Waals surface area contributed by atoms with Gasteiger partial charge in [-0.3, -0.25) is 0 Å². The lowest BCUT2D eigenvalue weighted by Gasteiger charge is -2.23. The maximum Gasteiger partial charge on any atom is 0.150 e. The monoisotopic (exact) mass is 258 g/mol. The molecule has 12 heavy (non-hydrogen) atoms. The van der Waals surface area contributed by atoms with Crippen LogP contribution in [0, 0.1) is 5.92 Å². The van der Waals surface area contributed by atoms with Crippen molar-refractivity contribution in [3.63, 3.8) is 0 Å². The van der Waals surface area contributed by atoms with Crippen LogP contribution in [0.2, 0.25) is 0 Å². The highest BCUT2D eigenvalue weighted by Gasteiger charge is 2.28. The third kappa shape index (κ3) is 2.69. The summed E-state index contributed by atoms with van der Waals surface area (Å²) in [4.78, 5) is 0. The molecule has 1 aliphatic rings. The third-order valence-corrected chi connectivity index (χ3v) is 4.59. The molecule has 0 bridgehead atoms. The second-order valence-corrected chi connectivity index (χ2v) is 6.11. The average Bonchev–Trinajstić information content (AvgIpc) is 2.03. The van der Waals surface area contributed by atoms with E-state index in [4.69, 9.17) is 0 Å². The van der Waals surface area contributed by atoms with Crippen molar-refractivity contribution >= 4 is 25.8 Å². The molecule has 0 aliphatic carbocycles. The molecule has 2 nitrogen and oxygen atoms in total. The standard InChI is InChI=1S/C7H12BrFO2S/c8-5-7(9)6-1-3-12(10,11)4-2-6/h6-7H,1-5H2. The van der Waals surface area contributed by atoms with E-state index in [1.807, 2.05) is 0 Å². The fraction of sp³-hybridized carbons (Fsp3) is 1.00. The molecule has 1 saturated heterocycles. The van der Waals surface area contributed by atoms with Crippen molar-refractivity contribution in [2.24, 2.45) is 5.92 Å². The van der Waals surface area contributed by atoms with Gasteiger partial charge in [0.25, 0.3) is 0 Å². The summed E-state index contributed by atoms with van der Waals surface area (Å²) < 4.78 is 35.0. The molecule has 1 heterocycles. The fourth-order valence-corrected chi connectivity index (χ4v) is 3.45. The van der Waals surface area contributed by atoms with E-state index < -0.39 is 16.0 Å². The molecule has 5 heteroatoms. The van der Waals surface area contributed by atoms with Crippen molar-refractivity contribution in [3.8, 4) is 0 Å². The van der Waals surface area contributed by atoms with Crippen LogP contribution in [0.15, 0.2) is 0 Å². The summed E-state index contributed by atoms with van der Waals surface area (Å²) in [5, 5.41) is 0.317. The van der Waals surface area contributed by atoms with Gasteiger partial charge in [-0.15, -0.1) is 0 Å². The molecule has 1 fully saturated rings. The molecular formula is C7H12BrFO2S. The number of sulfone groups is 1. The van der Waals surface area contributed by atoms with Crippen molar-refractivity contribution in [1.29, 1.82) is 0 Å². The van der Waals surface area contributed by atoms with Crippen molar-refractivity contribution in [1.82, 2.24) is 0 Å². The smallest absolute Gasteiger partial charge is 0.150 e. The minimum Gasteiger partial charge on any atom is -0.246 e. The molecule has 0 aromatic rings. The number of rotatable bonds is 2. The largest absolute Gasteiger partial charge is 0.246 e. The normalized spacial score (nSPS) is 26.8. The Morgan fingerprint density at radius 1 is 1.42 bits per heavy atom. The molecule has 0 N–H and O–H groups in total. The van der Waals surface area contributed by atoms with Crippen molar-refractivity contribution < 1.29 is 12.8 Å². The lowest BCUT2D eigenvalue weighted by atomic mass is 9.98. The quantitative estimate of drug-likeness (QED) is 0.705. The van der Waals surface area contributed by atoms with Gasteiger partial charge in [-0.05, 0) is 18.8 Å². The van der Waals surface area contributed by atoms with Crippen molar-refractivity contribution in [2.75, 3.05) is 16.8 Å². The van der Waals surface area contributed by atoms with Crippen LogP contribution < -0.4 is 0 Å². The molecule has 1 aliphatic heterocycles. The lowest BCUT2D eigenvalue weighted by molar-refractivity contribution is 0.240. The molecule has 0 radical (unpaired) electrons. The van der Waals surface area contributed by atoms with Gasteiger partial charge in [0.15, 0.2) is 0 Å². The maximum absolute atomic E-state index is 13.0. The van der Waals surface area contributed by atoms with Crippen LogP contribution >= 0.6 is 15.9 Å². The minimum atomic E-state index is -2.84. The van der Waals surface area contributed by atoms with Crippen molar-refractivity contribution in [3.05, 3.63) is 0 Å². The molecule has 1 unspecified atom stereocenters. The SMILES string of the molecule is O=S1(=O)CCC(C(F)CBr)CC1. The predicted molar refractivity (Wildman–Crippen MR) is 50.1 cm³/mol. The highest BCUT2D eigenvalue weighted by Crippen LogP contribution is 2.24. The van der Waals surface area contributed by atoms with Gasteiger partial charge in [0, 0.05) is 5.33 Å². The zero-order valence-electron chi connectivity index (χ0n) is 6.67. The zero-order valence-corrected chi connectivity index (χ0v) is 9.07. The second-order valence-electron chi connectivity index (χ2n) is 3.16. The predicted octanol–water partition coefficient (Wildman–Crippen LogP) is 1.54. The van der Waals surface area contributed by atoms with Gasteiger partial charge >= 0.3 is 0 Å². The summed E-state index contributed by atoms with van der Waals surface area (Å²) in [7, 11) is -2.84. The number of alkyl halides is 2. The van der Waals surface area contributed by atoms with Crippen LogP contribution in [0.3, 0.4) is 0 Å². The van der Waals surface area contributed by atoms with Gasteiger partial charge in [0.1, 0.15) is 16.0 Å². The molecule has 0 amide bonds. The van der Waals surface area contributed by atoms with Gasteiger partial charge in [-0.1, -0.05) is 15.9 Å². The molecule has 0 spiro atoms. The number of hydrogen-bond acceptors (Lipinski definition) is 2. The third-order valence-electron chi connectivity index (χ3n) is 2.26. The first-order chi connectivity index (χ1) is 5.55. The Bertz CT molecular complexity index is 226. The van der Waals surface area contributed by atoms with Crippen LogP contribution in [-0.4, -0.2) is 31.4 Å². The van der Waals surface area contributed by atoms with Crippen LogP contribution in [0.5, 0.6) is 0 Å². The van der Waals surface area contributed by atoms with E-state index >= 15 is 0 Å². The number of hydrogen-bond donors (Lipinski definition) is 0. The molecule has 72 valence electrons. The summed E-state index contributed by atoms with van der Waals surface area (Å²) in [6.45, 7) is 0. The van der Waals surface area contributed by atoms with Crippen LogP contribution in [0.4, 0.5) is 4.39 Å². The van der Waals surface area contributed by atoms with E-state index in [1.165, 1.54) is 0 Å². The van der Waals surface area contributed by atoms with E-state index in [-0.39, 0.29) is 17.4 Å². The van der Waals surface area contributed by atoms with Gasteiger partial charge < -0.3 is 0 Å². The summed E-state index contributed by atoms with van der Waals surface area (Å²) in [5.74, 6) is 0.254. The van der Waals surface area contributed by atoms with Gasteiger partial charge in [0.05, 0.1) is 11.5 Å². The Morgan fingerprint density at radius 3 is 2.33 bits per heavy atom. The van der Waals surface area contributed by atoms with Crippen LogP contribution in [-0.2, 0) is 9.84 Å². The van der Waals surface area contributed by atoms with Gasteiger partial charge in [-0.25, -0.2) is 12.8 Å². The van der Waals surface area contributed by atoms with E-state index in [2.05, 4.69) is 15.9 Å². The zero-order chi connectivity index (χ0) is 9.19. The van der Waals surface area contributed by atoms with E-state index in [1.54, 1.807) is 0 Å². The molecular weight excluding hydrogens is 247 g/mol. The average molecular weight is 259 g/mol.